The van der Waals surface area contributed by atoms with Crippen LogP contribution < -0.4 is 55.9 Å². The molecule has 0 fully saturated rings. The van der Waals surface area contributed by atoms with E-state index in [-0.39, 0.29) is 77.6 Å². The molecule has 0 bridgehead atoms. The number of halogens is 4. The van der Waals surface area contributed by atoms with Gasteiger partial charge in [-0.1, -0.05) is 0 Å². The van der Waals surface area contributed by atoms with E-state index < -0.39 is 41.0 Å². The zero-order valence-corrected chi connectivity index (χ0v) is 14.2. The normalized spacial score (nSPS) is 10.9. The topological polar surface area (TPSA) is 358 Å². The quantitative estimate of drug-likeness (QED) is 0.210. The first-order valence-corrected chi connectivity index (χ1v) is 7.58. The van der Waals surface area contributed by atoms with Gasteiger partial charge in [0.25, 0.3) is 0 Å². The van der Waals surface area contributed by atoms with Gasteiger partial charge in [0.2, 0.25) is 0 Å². The molecule has 0 unspecified atom stereocenters. The summed E-state index contributed by atoms with van der Waals surface area (Å²) >= 11 is 0. The molecule has 22 heavy (non-hydrogen) atoms. The molecule has 0 spiro atoms. The van der Waals surface area contributed by atoms with Gasteiger partial charge < -0.3 is 0 Å². The van der Waals surface area contributed by atoms with Crippen LogP contribution in [0.2, 0.25) is 0 Å². The van der Waals surface area contributed by atoms with E-state index >= 15 is 0 Å². The summed E-state index contributed by atoms with van der Waals surface area (Å²) in [7, 11) is -18.8. The third kappa shape index (κ3) is 1210. The molecule has 0 saturated heterocycles. The van der Waals surface area contributed by atoms with Crippen LogP contribution in [0.5, 0.6) is 0 Å². The zero-order valence-electron chi connectivity index (χ0n) is 8.70. The average molecular weight is 533 g/mol. The molecule has 16 nitrogen and oxygen atoms in total. The smallest absolute Gasteiger partial charge is 0.0777 e. The minimum absolute atomic E-state index is 0. The van der Waals surface area contributed by atoms with Gasteiger partial charge in [-0.15, -0.1) is 0 Å². The van der Waals surface area contributed by atoms with Crippen LogP contribution in [-0.2, 0) is 26.2 Å². The van der Waals surface area contributed by atoms with Crippen molar-refractivity contribution in [2.24, 2.45) is 0 Å². The molecule has 0 aromatic carbocycles. The largest absolute Gasteiger partial charge is 0.183 e. The fraction of sp³-hybridized carbons (Fsp3) is 0. The molecule has 22 heteroatoms. The molecule has 4 N–H and O–H groups in total. The molecule has 0 saturated carbocycles. The van der Waals surface area contributed by atoms with Gasteiger partial charge in [-0.3, -0.25) is 0 Å². The maximum atomic E-state index is 8.60. The van der Waals surface area contributed by atoms with E-state index in [0.717, 1.165) is 0 Å². The first-order chi connectivity index (χ1) is 8.00. The van der Waals surface area contributed by atoms with Gasteiger partial charge in [0.05, 0.1) is 59.6 Å². The Morgan fingerprint density at radius 2 is 0.364 bits per heavy atom. The Balaban J connectivity index is -0.0000000376. The predicted octanol–water partition coefficient (Wildman–Crippen LogP) is -17.1. The molecule has 0 atom stereocenters. The van der Waals surface area contributed by atoms with Crippen LogP contribution in [0.1, 0.15) is 0 Å². The average Bonchev–Trinajstić information content (AvgIpc) is 1.62. The summed E-state index contributed by atoms with van der Waals surface area (Å²) in [5, 5.41) is 0. The Morgan fingerprint density at radius 1 is 0.364 bits per heavy atom. The van der Waals surface area contributed by atoms with Gasteiger partial charge >= 0.3 is 51.4 Å². The number of hydrogen-bond acceptors (Lipinski definition) is 16. The third-order valence-corrected chi connectivity index (χ3v) is 0. The van der Waals surface area contributed by atoms with Gasteiger partial charge in [-0.05, 0) is 0 Å². The Morgan fingerprint density at radius 3 is 0.364 bits per heavy atom. The fourth-order valence-corrected chi connectivity index (χ4v) is 0. The summed E-state index contributed by atoms with van der Waals surface area (Å²) in [6.45, 7) is 0. The van der Waals surface area contributed by atoms with Crippen LogP contribution in [-0.4, -0.2) is 70.0 Å². The molecular formula is H5Cl4KO16Zr. The van der Waals surface area contributed by atoms with E-state index in [2.05, 4.69) is 0 Å². The second-order valence-corrected chi connectivity index (χ2v) is 4.75. The van der Waals surface area contributed by atoms with Gasteiger partial charge in [-0.25, -0.2) is 0 Å². The van der Waals surface area contributed by atoms with Gasteiger partial charge in [0, 0.05) is 26.2 Å². The minimum Gasteiger partial charge on any atom is -0.183 e. The Kier molecular flexibility index (Phi) is 31.7. The number of rotatable bonds is 0. The van der Waals surface area contributed by atoms with E-state index in [1.165, 1.54) is 0 Å². The van der Waals surface area contributed by atoms with Crippen molar-refractivity contribution in [2.45, 2.75) is 0 Å². The molecular weight excluding hydrogens is 528 g/mol. The minimum atomic E-state index is -4.69. The Bertz CT molecular complexity index is 136. The van der Waals surface area contributed by atoms with Gasteiger partial charge in [0.1, 0.15) is 0 Å². The monoisotopic (exact) mass is 530 g/mol. The second kappa shape index (κ2) is 17.5. The zero-order chi connectivity index (χ0) is 18.0. The Hall–Kier alpha value is 3.04. The van der Waals surface area contributed by atoms with Crippen LogP contribution in [0.3, 0.4) is 0 Å². The summed E-state index contributed by atoms with van der Waals surface area (Å²) in [5.74, 6) is 0. The molecule has 0 radical (unpaired) electrons. The standard InChI is InChI=1S/4ClHO4.K.Zr.H/c4*2-1(3,4)5;;;/h4*(H,2,3,4,5);;;. The molecule has 0 rings (SSSR count). The summed E-state index contributed by atoms with van der Waals surface area (Å²) in [6.07, 6.45) is 0. The first kappa shape index (κ1) is 39.9. The van der Waals surface area contributed by atoms with E-state index in [4.69, 9.17) is 74.5 Å². The van der Waals surface area contributed by atoms with Crippen LogP contribution in [0.4, 0.5) is 0 Å². The van der Waals surface area contributed by atoms with E-state index in [9.17, 15) is 0 Å². The van der Waals surface area contributed by atoms with Crippen molar-refractivity contribution in [3.05, 3.63) is 0 Å². The van der Waals surface area contributed by atoms with Crippen molar-refractivity contribution < 1.29 is 142 Å². The van der Waals surface area contributed by atoms with Crippen molar-refractivity contribution >= 4 is 51.4 Å². The predicted molar refractivity (Wildman–Crippen MR) is 16.0 cm³/mol. The number of hydrogen-bond donors (Lipinski definition) is 4. The van der Waals surface area contributed by atoms with Crippen LogP contribution in [0.15, 0.2) is 0 Å². The van der Waals surface area contributed by atoms with Crippen molar-refractivity contribution in [3.8, 4) is 0 Å². The van der Waals surface area contributed by atoms with Crippen molar-refractivity contribution in [3.63, 3.8) is 0 Å². The van der Waals surface area contributed by atoms with E-state index in [0.29, 0.717) is 0 Å². The van der Waals surface area contributed by atoms with Crippen LogP contribution in [0, 0.1) is 41.0 Å². The SMILES string of the molecule is [KH].[O-][Cl+3]([O-])([O-])O.[O-][Cl+3]([O-])([O-])O.[O-][Cl+3]([O-])([O-])O.[O-][Cl+3]([O-])([O-])O.[Zr]. The molecule has 0 amide bonds. The van der Waals surface area contributed by atoms with Crippen molar-refractivity contribution in [1.29, 1.82) is 0 Å². The maximum absolute atomic E-state index is 8.60. The van der Waals surface area contributed by atoms with Gasteiger partial charge in [-0.2, -0.15) is 55.9 Å². The first-order valence-electron chi connectivity index (χ1n) is 2.53. The second-order valence-electron chi connectivity index (χ2n) is 1.58. The molecule has 0 aliphatic rings. The van der Waals surface area contributed by atoms with Crippen molar-refractivity contribution in [2.75, 3.05) is 0 Å². The maximum Gasteiger partial charge on any atom is 0.0777 e. The third-order valence-electron chi connectivity index (χ3n) is 0. The van der Waals surface area contributed by atoms with Crippen LogP contribution in [0.25, 0.3) is 0 Å². The molecule has 0 aliphatic carbocycles. The van der Waals surface area contributed by atoms with E-state index in [1.807, 2.05) is 0 Å². The van der Waals surface area contributed by atoms with Crippen molar-refractivity contribution in [1.82, 2.24) is 0 Å². The summed E-state index contributed by atoms with van der Waals surface area (Å²) in [5.41, 5.74) is 0. The van der Waals surface area contributed by atoms with Crippen LogP contribution >= 0.6 is 0 Å². The molecule has 134 valence electrons. The summed E-state index contributed by atoms with van der Waals surface area (Å²) in [4.78, 5) is 0. The van der Waals surface area contributed by atoms with Gasteiger partial charge in [0.15, 0.2) is 0 Å². The Labute approximate surface area is 190 Å². The molecule has 0 heterocycles. The molecule has 0 aromatic rings. The molecule has 0 aromatic heterocycles. The summed E-state index contributed by atoms with van der Waals surface area (Å²) in [6, 6.07) is 0. The molecule has 0 aliphatic heterocycles. The fourth-order valence-electron chi connectivity index (χ4n) is 0. The summed E-state index contributed by atoms with van der Waals surface area (Å²) < 4.78 is 131. The van der Waals surface area contributed by atoms with E-state index in [1.54, 1.807) is 0 Å².